The molecule has 0 radical (unpaired) electrons. The standard InChI is InChI=1S/C24H20N6O2/c1-15-12-16(2)30(29-15)22-13-23(27-17(3)26-22)32-21-10-8-20(9-11-21)28-24(31)19-6-4-18(14-25)5-7-19/h4-13H,1-3H3,(H,28,31). The fourth-order valence-electron chi connectivity index (χ4n) is 3.17. The number of benzene rings is 2. The maximum absolute atomic E-state index is 12.4. The largest absolute Gasteiger partial charge is 0.439 e. The highest BCUT2D eigenvalue weighted by Crippen LogP contribution is 2.24. The van der Waals surface area contributed by atoms with Gasteiger partial charge in [-0.05, 0) is 75.4 Å². The predicted molar refractivity (Wildman–Crippen MR) is 119 cm³/mol. The third-order valence-corrected chi connectivity index (χ3v) is 4.64. The number of carbonyl (C=O) groups is 1. The predicted octanol–water partition coefficient (Wildman–Crippen LogP) is 4.50. The molecule has 0 aliphatic heterocycles. The van der Waals surface area contributed by atoms with Crippen LogP contribution in [-0.2, 0) is 0 Å². The summed E-state index contributed by atoms with van der Waals surface area (Å²) in [6.45, 7) is 5.68. The van der Waals surface area contributed by atoms with E-state index in [1.165, 1.54) is 0 Å². The molecule has 32 heavy (non-hydrogen) atoms. The van der Waals surface area contributed by atoms with Crippen LogP contribution in [0.4, 0.5) is 5.69 Å². The molecular weight excluding hydrogens is 404 g/mol. The SMILES string of the molecule is Cc1cc(C)n(-c2cc(Oc3ccc(NC(=O)c4ccc(C#N)cc4)cc3)nc(C)n2)n1. The van der Waals surface area contributed by atoms with Crippen molar-refractivity contribution in [3.05, 3.63) is 89.0 Å². The van der Waals surface area contributed by atoms with E-state index in [9.17, 15) is 4.79 Å². The highest BCUT2D eigenvalue weighted by atomic mass is 16.5. The van der Waals surface area contributed by atoms with E-state index in [0.717, 1.165) is 11.4 Å². The molecule has 0 saturated carbocycles. The van der Waals surface area contributed by atoms with Crippen molar-refractivity contribution in [2.45, 2.75) is 20.8 Å². The molecule has 0 bridgehead atoms. The molecule has 158 valence electrons. The number of nitrogens with one attached hydrogen (secondary N) is 1. The number of hydrogen-bond donors (Lipinski definition) is 1. The van der Waals surface area contributed by atoms with Gasteiger partial charge in [-0.15, -0.1) is 0 Å². The first-order valence-corrected chi connectivity index (χ1v) is 9.90. The maximum Gasteiger partial charge on any atom is 0.255 e. The molecule has 0 unspecified atom stereocenters. The van der Waals surface area contributed by atoms with E-state index in [0.29, 0.717) is 40.1 Å². The van der Waals surface area contributed by atoms with E-state index in [4.69, 9.17) is 10.00 Å². The van der Waals surface area contributed by atoms with Gasteiger partial charge in [0.15, 0.2) is 5.82 Å². The quantitative estimate of drug-likeness (QED) is 0.505. The summed E-state index contributed by atoms with van der Waals surface area (Å²) < 4.78 is 7.65. The number of rotatable bonds is 5. The molecule has 4 aromatic rings. The number of amides is 1. The molecule has 8 nitrogen and oxygen atoms in total. The van der Waals surface area contributed by atoms with Gasteiger partial charge in [0.25, 0.3) is 5.91 Å². The Morgan fingerprint density at radius 3 is 2.34 bits per heavy atom. The van der Waals surface area contributed by atoms with E-state index in [-0.39, 0.29) is 5.91 Å². The van der Waals surface area contributed by atoms with E-state index >= 15 is 0 Å². The van der Waals surface area contributed by atoms with Crippen LogP contribution in [0.5, 0.6) is 11.6 Å². The fraction of sp³-hybridized carbons (Fsp3) is 0.125. The molecule has 0 saturated heterocycles. The van der Waals surface area contributed by atoms with Crippen molar-refractivity contribution in [3.8, 4) is 23.5 Å². The number of hydrogen-bond acceptors (Lipinski definition) is 6. The lowest BCUT2D eigenvalue weighted by molar-refractivity contribution is 0.102. The second-order valence-electron chi connectivity index (χ2n) is 7.22. The van der Waals surface area contributed by atoms with Gasteiger partial charge in [-0.2, -0.15) is 15.3 Å². The Labute approximate surface area is 185 Å². The van der Waals surface area contributed by atoms with E-state index in [1.807, 2.05) is 26.0 Å². The molecule has 1 N–H and O–H groups in total. The molecule has 8 heteroatoms. The van der Waals surface area contributed by atoms with Crippen LogP contribution in [0.1, 0.15) is 33.1 Å². The first-order valence-electron chi connectivity index (χ1n) is 9.90. The molecule has 2 aromatic heterocycles. The third kappa shape index (κ3) is 4.63. The summed E-state index contributed by atoms with van der Waals surface area (Å²) in [6, 6.07) is 19.2. The smallest absolute Gasteiger partial charge is 0.255 e. The zero-order valence-corrected chi connectivity index (χ0v) is 17.8. The second kappa shape index (κ2) is 8.70. The van der Waals surface area contributed by atoms with Crippen molar-refractivity contribution < 1.29 is 9.53 Å². The van der Waals surface area contributed by atoms with E-state index in [2.05, 4.69) is 20.4 Å². The summed E-state index contributed by atoms with van der Waals surface area (Å²) in [7, 11) is 0. The molecular formula is C24H20N6O2. The van der Waals surface area contributed by atoms with Gasteiger partial charge in [-0.25, -0.2) is 9.67 Å². The molecule has 2 heterocycles. The second-order valence-corrected chi connectivity index (χ2v) is 7.22. The first-order chi connectivity index (χ1) is 15.4. The zero-order valence-electron chi connectivity index (χ0n) is 17.8. The molecule has 0 fully saturated rings. The molecule has 2 aromatic carbocycles. The summed E-state index contributed by atoms with van der Waals surface area (Å²) in [5.74, 6) is 1.90. The van der Waals surface area contributed by atoms with Crippen LogP contribution in [0.25, 0.3) is 5.82 Å². The average Bonchev–Trinajstić information content (AvgIpc) is 3.12. The minimum atomic E-state index is -0.260. The van der Waals surface area contributed by atoms with Crippen LogP contribution < -0.4 is 10.1 Å². The van der Waals surface area contributed by atoms with Crippen LogP contribution >= 0.6 is 0 Å². The molecule has 0 atom stereocenters. The summed E-state index contributed by atoms with van der Waals surface area (Å²) in [5.41, 5.74) is 3.46. The number of aromatic nitrogens is 4. The number of ether oxygens (including phenoxy) is 1. The van der Waals surface area contributed by atoms with Crippen molar-refractivity contribution >= 4 is 11.6 Å². The lowest BCUT2D eigenvalue weighted by Gasteiger charge is -2.10. The lowest BCUT2D eigenvalue weighted by Crippen LogP contribution is -2.11. The summed E-state index contributed by atoms with van der Waals surface area (Å²) >= 11 is 0. The van der Waals surface area contributed by atoms with Gasteiger partial charge < -0.3 is 10.1 Å². The normalized spacial score (nSPS) is 10.4. The Morgan fingerprint density at radius 2 is 1.72 bits per heavy atom. The van der Waals surface area contributed by atoms with Crippen molar-refractivity contribution in [2.75, 3.05) is 5.32 Å². The third-order valence-electron chi connectivity index (χ3n) is 4.64. The highest BCUT2D eigenvalue weighted by Gasteiger charge is 2.11. The molecule has 0 aliphatic rings. The minimum Gasteiger partial charge on any atom is -0.439 e. The minimum absolute atomic E-state index is 0.260. The van der Waals surface area contributed by atoms with Gasteiger partial charge in [0.05, 0.1) is 17.3 Å². The molecule has 0 spiro atoms. The Hall–Kier alpha value is -4.51. The summed E-state index contributed by atoms with van der Waals surface area (Å²) in [4.78, 5) is 21.2. The van der Waals surface area contributed by atoms with E-state index in [1.54, 1.807) is 66.2 Å². The van der Waals surface area contributed by atoms with Gasteiger partial charge in [0, 0.05) is 23.0 Å². The fourth-order valence-corrected chi connectivity index (χ4v) is 3.17. The van der Waals surface area contributed by atoms with Gasteiger partial charge in [0.1, 0.15) is 11.6 Å². The van der Waals surface area contributed by atoms with Crippen LogP contribution in [0.3, 0.4) is 0 Å². The van der Waals surface area contributed by atoms with Crippen LogP contribution in [-0.4, -0.2) is 25.7 Å². The van der Waals surface area contributed by atoms with Crippen LogP contribution in [0, 0.1) is 32.1 Å². The van der Waals surface area contributed by atoms with Gasteiger partial charge in [-0.1, -0.05) is 0 Å². The summed E-state index contributed by atoms with van der Waals surface area (Å²) in [6.07, 6.45) is 0. The molecule has 1 amide bonds. The average molecular weight is 424 g/mol. The van der Waals surface area contributed by atoms with Crippen LogP contribution in [0.2, 0.25) is 0 Å². The zero-order chi connectivity index (χ0) is 22.7. The van der Waals surface area contributed by atoms with Crippen molar-refractivity contribution in [1.29, 1.82) is 5.26 Å². The highest BCUT2D eigenvalue weighted by molar-refractivity contribution is 6.04. The van der Waals surface area contributed by atoms with Crippen molar-refractivity contribution in [1.82, 2.24) is 19.7 Å². The van der Waals surface area contributed by atoms with Gasteiger partial charge in [-0.3, -0.25) is 4.79 Å². The number of aryl methyl sites for hydroxylation is 3. The molecule has 0 aliphatic carbocycles. The number of nitrogens with zero attached hydrogens (tertiary/aromatic N) is 5. The Morgan fingerprint density at radius 1 is 1.00 bits per heavy atom. The van der Waals surface area contributed by atoms with E-state index < -0.39 is 0 Å². The Balaban J connectivity index is 1.47. The maximum atomic E-state index is 12.4. The number of nitriles is 1. The molecule has 4 rings (SSSR count). The number of anilines is 1. The number of carbonyl (C=O) groups excluding carboxylic acids is 1. The lowest BCUT2D eigenvalue weighted by atomic mass is 10.1. The van der Waals surface area contributed by atoms with Crippen molar-refractivity contribution in [3.63, 3.8) is 0 Å². The topological polar surface area (TPSA) is 106 Å². The van der Waals surface area contributed by atoms with Gasteiger partial charge in [0.2, 0.25) is 5.88 Å². The van der Waals surface area contributed by atoms with Crippen LogP contribution in [0.15, 0.2) is 60.7 Å². The first kappa shape index (κ1) is 20.8. The monoisotopic (exact) mass is 424 g/mol. The Kier molecular flexibility index (Phi) is 5.64. The Bertz CT molecular complexity index is 1320. The summed E-state index contributed by atoms with van der Waals surface area (Å²) in [5, 5.41) is 16.1. The van der Waals surface area contributed by atoms with Gasteiger partial charge >= 0.3 is 0 Å². The van der Waals surface area contributed by atoms with Crippen molar-refractivity contribution in [2.24, 2.45) is 0 Å².